The van der Waals surface area contributed by atoms with E-state index in [0.717, 1.165) is 5.33 Å². The Morgan fingerprint density at radius 2 is 2.00 bits per heavy atom. The number of rotatable bonds is 1. The second kappa shape index (κ2) is 2.88. The smallest absolute Gasteiger partial charge is 0.0456 e. The van der Waals surface area contributed by atoms with Gasteiger partial charge in [-0.05, 0) is 19.1 Å². The monoisotopic (exact) mass is 246 g/mol. The van der Waals surface area contributed by atoms with Crippen LogP contribution in [0.3, 0.4) is 0 Å². The molecule has 2 aromatic rings. The molecule has 0 bridgehead atoms. The van der Waals surface area contributed by atoms with Crippen LogP contribution in [0, 0.1) is 6.92 Å². The molecule has 0 aliphatic rings. The Kier molecular flexibility index (Phi) is 2.04. The zero-order chi connectivity index (χ0) is 7.84. The lowest BCUT2D eigenvalue weighted by molar-refractivity contribution is 1.60. The third-order valence-corrected chi connectivity index (χ3v) is 4.70. The van der Waals surface area contributed by atoms with Gasteiger partial charge in [0.1, 0.15) is 0 Å². The zero-order valence-electron chi connectivity index (χ0n) is 6.06. The highest BCUT2D eigenvalue weighted by molar-refractivity contribution is 9.08. The van der Waals surface area contributed by atoms with E-state index in [4.69, 9.17) is 0 Å². The highest BCUT2D eigenvalue weighted by Crippen LogP contribution is 2.33. The molecular formula is C8H7BrS2. The van der Waals surface area contributed by atoms with Gasteiger partial charge in [0.25, 0.3) is 0 Å². The molecule has 0 saturated carbocycles. The van der Waals surface area contributed by atoms with Crippen LogP contribution < -0.4 is 0 Å². The number of aryl methyl sites for hydroxylation is 1. The average molecular weight is 247 g/mol. The summed E-state index contributed by atoms with van der Waals surface area (Å²) >= 11 is 7.21. The van der Waals surface area contributed by atoms with Crippen LogP contribution in [-0.2, 0) is 5.33 Å². The second-order valence-electron chi connectivity index (χ2n) is 2.43. The Balaban J connectivity index is 2.64. The van der Waals surface area contributed by atoms with E-state index in [1.807, 2.05) is 22.7 Å². The molecule has 3 heteroatoms. The molecule has 58 valence electrons. The van der Waals surface area contributed by atoms with Gasteiger partial charge in [0.2, 0.25) is 0 Å². The molecule has 2 rings (SSSR count). The minimum Gasteiger partial charge on any atom is -0.140 e. The predicted octanol–water partition coefficient (Wildman–Crippen LogP) is 4.17. The second-order valence-corrected chi connectivity index (χ2v) is 5.45. The summed E-state index contributed by atoms with van der Waals surface area (Å²) in [6.45, 7) is 2.16. The standard InChI is InChI=1S/C8H7BrS2/c1-5-2-7-8(10-5)3-6(4-9)11-7/h2-3H,4H2,1H3. The lowest BCUT2D eigenvalue weighted by atomic mass is 10.4. The predicted molar refractivity (Wildman–Crippen MR) is 57.1 cm³/mol. The number of halogens is 1. The minimum atomic E-state index is 0.984. The summed E-state index contributed by atoms with van der Waals surface area (Å²) in [5.74, 6) is 0. The Morgan fingerprint density at radius 3 is 2.64 bits per heavy atom. The molecule has 2 aromatic heterocycles. The van der Waals surface area contributed by atoms with E-state index in [1.54, 1.807) is 0 Å². The van der Waals surface area contributed by atoms with E-state index in [9.17, 15) is 0 Å². The van der Waals surface area contributed by atoms with Crippen molar-refractivity contribution >= 4 is 48.0 Å². The van der Waals surface area contributed by atoms with Crippen molar-refractivity contribution in [3.63, 3.8) is 0 Å². The van der Waals surface area contributed by atoms with Crippen molar-refractivity contribution in [1.29, 1.82) is 0 Å². The van der Waals surface area contributed by atoms with E-state index in [1.165, 1.54) is 19.2 Å². The Hall–Kier alpha value is 0.140. The summed E-state index contributed by atoms with van der Waals surface area (Å²) in [5.41, 5.74) is 0. The van der Waals surface area contributed by atoms with E-state index in [2.05, 4.69) is 35.0 Å². The summed E-state index contributed by atoms with van der Waals surface area (Å²) in [4.78, 5) is 2.83. The fraction of sp³-hybridized carbons (Fsp3) is 0.250. The first-order valence-electron chi connectivity index (χ1n) is 3.34. The minimum absolute atomic E-state index is 0.984. The van der Waals surface area contributed by atoms with Gasteiger partial charge in [-0.25, -0.2) is 0 Å². The lowest BCUT2D eigenvalue weighted by Crippen LogP contribution is -1.59. The molecule has 0 aliphatic heterocycles. The van der Waals surface area contributed by atoms with Gasteiger partial charge >= 0.3 is 0 Å². The van der Waals surface area contributed by atoms with Crippen molar-refractivity contribution in [1.82, 2.24) is 0 Å². The van der Waals surface area contributed by atoms with Gasteiger partial charge in [0.05, 0.1) is 0 Å². The molecule has 0 saturated heterocycles. The molecule has 0 amide bonds. The first-order chi connectivity index (χ1) is 5.29. The Morgan fingerprint density at radius 1 is 1.27 bits per heavy atom. The Labute approximate surface area is 82.0 Å². The summed E-state index contributed by atoms with van der Waals surface area (Å²) in [7, 11) is 0. The van der Waals surface area contributed by atoms with Gasteiger partial charge < -0.3 is 0 Å². The maximum atomic E-state index is 3.45. The molecular weight excluding hydrogens is 240 g/mol. The van der Waals surface area contributed by atoms with Crippen molar-refractivity contribution in [2.24, 2.45) is 0 Å². The number of hydrogen-bond acceptors (Lipinski definition) is 2. The van der Waals surface area contributed by atoms with E-state index >= 15 is 0 Å². The van der Waals surface area contributed by atoms with Crippen LogP contribution in [0.15, 0.2) is 12.1 Å². The van der Waals surface area contributed by atoms with Crippen molar-refractivity contribution in [2.45, 2.75) is 12.3 Å². The largest absolute Gasteiger partial charge is 0.140 e. The van der Waals surface area contributed by atoms with Crippen LogP contribution in [0.4, 0.5) is 0 Å². The van der Waals surface area contributed by atoms with Crippen LogP contribution in [0.25, 0.3) is 9.40 Å². The van der Waals surface area contributed by atoms with Gasteiger partial charge in [-0.2, -0.15) is 0 Å². The summed E-state index contributed by atoms with van der Waals surface area (Å²) in [6.07, 6.45) is 0. The number of fused-ring (bicyclic) bond motifs is 1. The van der Waals surface area contributed by atoms with Gasteiger partial charge in [-0.15, -0.1) is 22.7 Å². The number of hydrogen-bond donors (Lipinski definition) is 0. The highest BCUT2D eigenvalue weighted by atomic mass is 79.9. The third kappa shape index (κ3) is 1.37. The van der Waals surface area contributed by atoms with Gasteiger partial charge in [-0.3, -0.25) is 0 Å². The molecule has 11 heavy (non-hydrogen) atoms. The van der Waals surface area contributed by atoms with Gasteiger partial charge in [0.15, 0.2) is 0 Å². The summed E-state index contributed by atoms with van der Waals surface area (Å²) < 4.78 is 2.86. The number of thiophene rings is 2. The molecule has 0 unspecified atom stereocenters. The quantitative estimate of drug-likeness (QED) is 0.663. The molecule has 2 heterocycles. The molecule has 0 fully saturated rings. The summed E-state index contributed by atoms with van der Waals surface area (Å²) in [5, 5.41) is 0.984. The van der Waals surface area contributed by atoms with Crippen LogP contribution in [-0.4, -0.2) is 0 Å². The maximum Gasteiger partial charge on any atom is 0.0456 e. The van der Waals surface area contributed by atoms with Gasteiger partial charge in [0, 0.05) is 24.5 Å². The molecule has 0 aromatic carbocycles. The van der Waals surface area contributed by atoms with Crippen LogP contribution >= 0.6 is 38.6 Å². The molecule has 0 aliphatic carbocycles. The van der Waals surface area contributed by atoms with Crippen molar-refractivity contribution in [3.05, 3.63) is 21.9 Å². The first kappa shape index (κ1) is 7.77. The molecule has 0 radical (unpaired) electrons. The molecule has 0 nitrogen and oxygen atoms in total. The van der Waals surface area contributed by atoms with E-state index in [-0.39, 0.29) is 0 Å². The van der Waals surface area contributed by atoms with Crippen LogP contribution in [0.5, 0.6) is 0 Å². The van der Waals surface area contributed by atoms with Gasteiger partial charge in [-0.1, -0.05) is 15.9 Å². The van der Waals surface area contributed by atoms with Crippen LogP contribution in [0.1, 0.15) is 9.75 Å². The SMILES string of the molecule is Cc1cc2sc(CBr)cc2s1. The fourth-order valence-corrected chi connectivity index (χ4v) is 3.77. The topological polar surface area (TPSA) is 0 Å². The van der Waals surface area contributed by atoms with E-state index in [0.29, 0.717) is 0 Å². The third-order valence-electron chi connectivity index (χ3n) is 1.51. The number of alkyl halides is 1. The van der Waals surface area contributed by atoms with Crippen molar-refractivity contribution in [2.75, 3.05) is 0 Å². The summed E-state index contributed by atoms with van der Waals surface area (Å²) in [6, 6.07) is 4.53. The normalized spacial score (nSPS) is 11.1. The zero-order valence-corrected chi connectivity index (χ0v) is 9.28. The molecule has 0 N–H and O–H groups in total. The molecule has 0 spiro atoms. The average Bonchev–Trinajstić information content (AvgIpc) is 2.43. The van der Waals surface area contributed by atoms with Crippen LogP contribution in [0.2, 0.25) is 0 Å². The lowest BCUT2D eigenvalue weighted by Gasteiger charge is -1.80. The van der Waals surface area contributed by atoms with E-state index < -0.39 is 0 Å². The Bertz CT molecular complexity index is 341. The fourth-order valence-electron chi connectivity index (χ4n) is 1.07. The maximum absolute atomic E-state index is 3.45. The highest BCUT2D eigenvalue weighted by Gasteiger charge is 2.02. The van der Waals surface area contributed by atoms with Crippen molar-refractivity contribution in [3.8, 4) is 0 Å². The molecule has 0 atom stereocenters. The van der Waals surface area contributed by atoms with Crippen molar-refractivity contribution < 1.29 is 0 Å². The first-order valence-corrected chi connectivity index (χ1v) is 6.10.